The molecule has 2 fully saturated rings. The Morgan fingerprint density at radius 3 is 1.53 bits per heavy atom. The van der Waals surface area contributed by atoms with Gasteiger partial charge in [-0.15, -0.1) is 0 Å². The lowest BCUT2D eigenvalue weighted by Crippen LogP contribution is -2.49. The van der Waals surface area contributed by atoms with Gasteiger partial charge in [-0.05, 0) is 104 Å². The monoisotopic (exact) mass is 880 g/mol. The number of piperidine rings is 2. The Kier molecular flexibility index (Phi) is 14.8. The highest BCUT2D eigenvalue weighted by Gasteiger charge is 2.55. The number of hydrogen-bond donors (Lipinski definition) is 5. The molecule has 0 radical (unpaired) electrons. The lowest BCUT2D eigenvalue weighted by Gasteiger charge is -2.40. The zero-order valence-electron chi connectivity index (χ0n) is 36.7. The van der Waals surface area contributed by atoms with Crippen LogP contribution >= 0.6 is 0 Å². The largest absolute Gasteiger partial charge is 0.465 e. The number of likely N-dealkylation sites (N-methyl/N-ethyl adjacent to an activating group) is 2. The third-order valence-electron chi connectivity index (χ3n) is 12.1. The number of ether oxygens (including phenoxy) is 3. The summed E-state index contributed by atoms with van der Waals surface area (Å²) in [6.07, 6.45) is 2.69. The van der Waals surface area contributed by atoms with Crippen LogP contribution in [0.5, 0.6) is 0 Å². The lowest BCUT2D eigenvalue weighted by molar-refractivity contribution is -0.133. The van der Waals surface area contributed by atoms with Gasteiger partial charge in [0.15, 0.2) is 23.0 Å². The summed E-state index contributed by atoms with van der Waals surface area (Å²) in [5, 5.41) is 8.87. The summed E-state index contributed by atoms with van der Waals surface area (Å²) in [5.74, 6) is -1.41. The molecule has 2 atom stereocenters. The molecule has 0 saturated carbocycles. The lowest BCUT2D eigenvalue weighted by atomic mass is 9.73. The Balaban J connectivity index is 0.000000228. The molecular weight excluding hydrogens is 825 g/mol. The number of esters is 1. The van der Waals surface area contributed by atoms with Crippen LogP contribution in [-0.4, -0.2) is 137 Å². The number of benzene rings is 3. The number of anilines is 2. The van der Waals surface area contributed by atoms with Crippen molar-refractivity contribution in [2.75, 3.05) is 85.5 Å². The number of aliphatic imine (C=N–C) groups is 2. The van der Waals surface area contributed by atoms with Gasteiger partial charge in [-0.1, -0.05) is 24.3 Å². The molecule has 3 aromatic rings. The van der Waals surface area contributed by atoms with Crippen LogP contribution in [0.15, 0.2) is 82.8 Å². The molecule has 19 nitrogen and oxygen atoms in total. The van der Waals surface area contributed by atoms with E-state index in [1.54, 1.807) is 73.6 Å². The minimum absolute atomic E-state index is 0.0313. The van der Waals surface area contributed by atoms with Crippen LogP contribution in [0, 0.1) is 11.8 Å². The molecule has 0 aliphatic carbocycles. The van der Waals surface area contributed by atoms with Crippen LogP contribution < -0.4 is 27.4 Å². The topological polar surface area (TPSA) is 253 Å². The number of nitrogens with one attached hydrogen (secondary N) is 3. The molecule has 2 saturated heterocycles. The molecule has 3 aromatic carbocycles. The first-order valence-electron chi connectivity index (χ1n) is 20.9. The normalized spacial score (nSPS) is 21.4. The molecule has 4 heterocycles. The van der Waals surface area contributed by atoms with Crippen molar-refractivity contribution in [1.82, 2.24) is 20.0 Å². The maximum absolute atomic E-state index is 13.6. The summed E-state index contributed by atoms with van der Waals surface area (Å²) in [4.78, 5) is 89.3. The number of likely N-dealkylation sites (tertiary alicyclic amines) is 1. The van der Waals surface area contributed by atoms with E-state index in [4.69, 9.17) is 25.7 Å². The van der Waals surface area contributed by atoms with Crippen molar-refractivity contribution in [3.8, 4) is 0 Å². The number of nitrogens with two attached hydrogens (primary N) is 2. The molecule has 19 heteroatoms. The molecule has 2 unspecified atom stereocenters. The minimum atomic E-state index is -1.27. The van der Waals surface area contributed by atoms with Gasteiger partial charge in [-0.2, -0.15) is 0 Å². The molecular formula is C45H56N10O9. The van der Waals surface area contributed by atoms with Gasteiger partial charge in [0.1, 0.15) is 13.2 Å². The first kappa shape index (κ1) is 46.8. The first-order chi connectivity index (χ1) is 30.7. The fourth-order valence-corrected chi connectivity index (χ4v) is 8.82. The van der Waals surface area contributed by atoms with Gasteiger partial charge < -0.3 is 46.5 Å². The first-order valence-corrected chi connectivity index (χ1v) is 20.9. The second kappa shape index (κ2) is 20.2. The zero-order chi connectivity index (χ0) is 46.2. The average molecular weight is 881 g/mol. The molecule has 4 aliphatic heterocycles. The summed E-state index contributed by atoms with van der Waals surface area (Å²) in [6, 6.07) is 20.6. The van der Waals surface area contributed by atoms with E-state index >= 15 is 0 Å². The summed E-state index contributed by atoms with van der Waals surface area (Å²) in [6.45, 7) is 2.38. The number of methoxy groups -OCH3 is 3. The highest BCUT2D eigenvalue weighted by molar-refractivity contribution is 6.08. The van der Waals surface area contributed by atoms with Crippen LogP contribution in [0.2, 0.25) is 0 Å². The Morgan fingerprint density at radius 2 is 1.12 bits per heavy atom. The second-order valence-corrected chi connectivity index (χ2v) is 16.0. The van der Waals surface area contributed by atoms with Crippen molar-refractivity contribution >= 4 is 58.8 Å². The van der Waals surface area contributed by atoms with Gasteiger partial charge >= 0.3 is 5.97 Å². The number of nitrogens with zero attached hydrogens (tertiary/aromatic N) is 5. The predicted octanol–water partition coefficient (Wildman–Crippen LogP) is 1.85. The summed E-state index contributed by atoms with van der Waals surface area (Å²) >= 11 is 0. The number of hydrogen-bond acceptors (Lipinski definition) is 14. The Morgan fingerprint density at radius 1 is 0.688 bits per heavy atom. The SMILES string of the molecule is COCC(=O)Nc1cccc(C2(C3CCN(C(=O)c4ccc(C(=O)OC)cc4)CC3)N=C(N)N(C)C2=O)c1.COCC(=O)Nc1cccc(C2(C3CCNCC3)N=C(N)N(C)C2=O)c1. The highest BCUT2D eigenvalue weighted by atomic mass is 16.5. The van der Waals surface area contributed by atoms with E-state index in [0.717, 1.165) is 31.5 Å². The molecule has 64 heavy (non-hydrogen) atoms. The third kappa shape index (κ3) is 9.46. The van der Waals surface area contributed by atoms with Crippen LogP contribution in [0.3, 0.4) is 0 Å². The molecule has 0 aromatic heterocycles. The number of amides is 5. The standard InChI is InChI=1S/C27H31N5O6.C18H25N5O3/c1-31-25(36)27(30-26(31)28,20-5-4-6-21(15-20)29-22(33)16-37-2)19-11-13-32(14-12-19)23(34)17-7-9-18(10-8-17)24(35)38-3;1-23-16(25)18(22-17(23)19,12-6-8-20-9-7-12)13-4-3-5-14(10-13)21-15(24)11-26-2/h4-10,15,19H,11-14,16H2,1-3H3,(H2,28,30)(H,29,33);3-5,10,12,20H,6-9,11H2,1-2H3,(H2,19,22)(H,21,24). The molecule has 4 aliphatic rings. The van der Waals surface area contributed by atoms with Crippen molar-refractivity contribution < 1.29 is 43.0 Å². The number of carbonyl (C=O) groups is 6. The number of carbonyl (C=O) groups excluding carboxylic acids is 6. The Bertz CT molecular complexity index is 2310. The third-order valence-corrected chi connectivity index (χ3v) is 12.1. The van der Waals surface area contributed by atoms with Gasteiger partial charge in [0.25, 0.3) is 17.7 Å². The molecule has 7 rings (SSSR count). The van der Waals surface area contributed by atoms with E-state index in [1.807, 2.05) is 18.2 Å². The molecule has 5 amide bonds. The van der Waals surface area contributed by atoms with Gasteiger partial charge in [-0.3, -0.25) is 33.8 Å². The van der Waals surface area contributed by atoms with Crippen molar-refractivity contribution in [1.29, 1.82) is 0 Å². The van der Waals surface area contributed by atoms with E-state index in [0.29, 0.717) is 54.0 Å². The maximum atomic E-state index is 13.6. The van der Waals surface area contributed by atoms with E-state index in [2.05, 4.69) is 25.9 Å². The smallest absolute Gasteiger partial charge is 0.337 e. The molecule has 0 bridgehead atoms. The highest BCUT2D eigenvalue weighted by Crippen LogP contribution is 2.46. The van der Waals surface area contributed by atoms with Gasteiger partial charge in [0.05, 0.1) is 12.7 Å². The van der Waals surface area contributed by atoms with Crippen molar-refractivity contribution in [3.63, 3.8) is 0 Å². The summed E-state index contributed by atoms with van der Waals surface area (Å²) in [5.41, 5.74) is 13.1. The van der Waals surface area contributed by atoms with Gasteiger partial charge in [-0.25, -0.2) is 14.8 Å². The quantitative estimate of drug-likeness (QED) is 0.164. The van der Waals surface area contributed by atoms with Crippen molar-refractivity contribution in [2.24, 2.45) is 33.3 Å². The van der Waals surface area contributed by atoms with E-state index in [-0.39, 0.29) is 66.5 Å². The number of rotatable bonds is 12. The van der Waals surface area contributed by atoms with Crippen molar-refractivity contribution in [3.05, 3.63) is 95.1 Å². The molecule has 7 N–H and O–H groups in total. The number of guanidine groups is 2. The maximum Gasteiger partial charge on any atom is 0.337 e. The second-order valence-electron chi connectivity index (χ2n) is 16.0. The fourth-order valence-electron chi connectivity index (χ4n) is 8.82. The average Bonchev–Trinajstić information content (AvgIpc) is 3.69. The van der Waals surface area contributed by atoms with Crippen LogP contribution in [0.25, 0.3) is 0 Å². The van der Waals surface area contributed by atoms with E-state index in [9.17, 15) is 28.8 Å². The van der Waals surface area contributed by atoms with Crippen LogP contribution in [0.4, 0.5) is 11.4 Å². The van der Waals surface area contributed by atoms with Crippen LogP contribution in [0.1, 0.15) is 57.5 Å². The Hall–Kier alpha value is -6.70. The van der Waals surface area contributed by atoms with Gasteiger partial charge in [0.2, 0.25) is 11.8 Å². The predicted molar refractivity (Wildman–Crippen MR) is 238 cm³/mol. The van der Waals surface area contributed by atoms with E-state index in [1.165, 1.54) is 31.1 Å². The van der Waals surface area contributed by atoms with E-state index < -0.39 is 17.0 Å². The Labute approximate surface area is 371 Å². The summed E-state index contributed by atoms with van der Waals surface area (Å²) < 4.78 is 14.4. The fraction of sp³-hybridized carbons (Fsp3) is 0.422. The van der Waals surface area contributed by atoms with Crippen molar-refractivity contribution in [2.45, 2.75) is 36.8 Å². The molecule has 340 valence electrons. The molecule has 0 spiro atoms. The van der Waals surface area contributed by atoms with Gasteiger partial charge in [0, 0.05) is 64.3 Å². The van der Waals surface area contributed by atoms with Crippen LogP contribution in [-0.2, 0) is 44.5 Å². The zero-order valence-corrected chi connectivity index (χ0v) is 36.7. The summed E-state index contributed by atoms with van der Waals surface area (Å²) in [7, 11) is 7.44. The minimum Gasteiger partial charge on any atom is -0.465 e.